The third-order valence-corrected chi connectivity index (χ3v) is 7.45. The summed E-state index contributed by atoms with van der Waals surface area (Å²) in [7, 11) is 1.43. The molecule has 2 amide bonds. The number of fused-ring (bicyclic) bond motifs is 1. The summed E-state index contributed by atoms with van der Waals surface area (Å²) in [6, 6.07) is 20.5. The normalized spacial score (nSPS) is 19.1. The van der Waals surface area contributed by atoms with Gasteiger partial charge in [-0.2, -0.15) is 0 Å². The maximum absolute atomic E-state index is 13.3. The highest BCUT2D eigenvalue weighted by Gasteiger charge is 2.36. The van der Waals surface area contributed by atoms with Gasteiger partial charge in [0.1, 0.15) is 0 Å². The Morgan fingerprint density at radius 3 is 2.25 bits per heavy atom. The van der Waals surface area contributed by atoms with Crippen molar-refractivity contribution in [1.29, 1.82) is 0 Å². The van der Waals surface area contributed by atoms with Gasteiger partial charge in [-0.05, 0) is 84.8 Å². The molecule has 1 fully saturated rings. The second kappa shape index (κ2) is 10.2. The molecule has 3 aromatic rings. The fourth-order valence-corrected chi connectivity index (χ4v) is 5.26. The lowest BCUT2D eigenvalue weighted by Gasteiger charge is -2.33. The van der Waals surface area contributed by atoms with Crippen LogP contribution in [0, 0.1) is 5.92 Å². The second-order valence-electron chi connectivity index (χ2n) is 9.37. The van der Waals surface area contributed by atoms with Crippen LogP contribution in [-0.2, 0) is 16.1 Å². The van der Waals surface area contributed by atoms with E-state index in [9.17, 15) is 14.4 Å². The van der Waals surface area contributed by atoms with Gasteiger partial charge in [0.25, 0.3) is 11.8 Å². The lowest BCUT2D eigenvalue weighted by Crippen LogP contribution is -2.39. The van der Waals surface area contributed by atoms with E-state index >= 15 is 0 Å². The maximum atomic E-state index is 13.3. The number of amides is 2. The molecule has 3 aromatic carbocycles. The van der Waals surface area contributed by atoms with Crippen molar-refractivity contribution in [3.8, 4) is 11.1 Å². The monoisotopic (exact) mass is 502 g/mol. The van der Waals surface area contributed by atoms with Gasteiger partial charge in [-0.3, -0.25) is 14.4 Å². The predicted octanol–water partition coefficient (Wildman–Crippen LogP) is 5.95. The van der Waals surface area contributed by atoms with Crippen molar-refractivity contribution in [3.05, 3.63) is 88.4 Å². The van der Waals surface area contributed by atoms with Crippen molar-refractivity contribution >= 4 is 35.1 Å². The third-order valence-electron chi connectivity index (χ3n) is 7.20. The summed E-state index contributed by atoms with van der Waals surface area (Å²) < 4.78 is 4.88. The van der Waals surface area contributed by atoms with Crippen LogP contribution in [0.2, 0.25) is 5.02 Å². The first kappa shape index (κ1) is 24.1. The van der Waals surface area contributed by atoms with Crippen LogP contribution in [0.15, 0.2) is 66.7 Å². The lowest BCUT2D eigenvalue weighted by atomic mass is 9.85. The number of halogens is 1. The van der Waals surface area contributed by atoms with E-state index in [1.807, 2.05) is 47.4 Å². The minimum Gasteiger partial charge on any atom is -0.469 e. The van der Waals surface area contributed by atoms with E-state index in [0.29, 0.717) is 22.8 Å². The Morgan fingerprint density at radius 1 is 0.917 bits per heavy atom. The summed E-state index contributed by atoms with van der Waals surface area (Å²) in [6.07, 6.45) is 3.14. The topological polar surface area (TPSA) is 75.7 Å². The van der Waals surface area contributed by atoms with Crippen molar-refractivity contribution in [3.63, 3.8) is 0 Å². The number of anilines is 1. The quantitative estimate of drug-likeness (QED) is 0.437. The molecule has 5 rings (SSSR count). The number of benzene rings is 3. The zero-order valence-electron chi connectivity index (χ0n) is 20.0. The van der Waals surface area contributed by atoms with Crippen LogP contribution in [0.25, 0.3) is 11.1 Å². The number of rotatable bonds is 5. The zero-order chi connectivity index (χ0) is 25.2. The SMILES string of the molecule is COC(=O)C1CCC(N2Cc3ccc(-c4ccc(NC(=O)c5ccc(Cl)cc5)cc4)cc3C2=O)CC1. The Labute approximate surface area is 215 Å². The standard InChI is InChI=1S/C29H27ClN2O4/c1-36-29(35)20-8-14-25(15-9-20)32-17-22-3-2-21(16-26(22)28(32)34)18-6-12-24(13-7-18)31-27(33)19-4-10-23(30)11-5-19/h2-7,10-13,16,20,25H,8-9,14-15,17H2,1H3,(H,31,33). The highest BCUT2D eigenvalue weighted by atomic mass is 35.5. The van der Waals surface area contributed by atoms with Crippen molar-refractivity contribution in [2.24, 2.45) is 5.92 Å². The van der Waals surface area contributed by atoms with Gasteiger partial charge in [0, 0.05) is 34.4 Å². The molecule has 0 aromatic heterocycles. The molecule has 0 unspecified atom stereocenters. The van der Waals surface area contributed by atoms with Crippen LogP contribution in [0.5, 0.6) is 0 Å². The fourth-order valence-electron chi connectivity index (χ4n) is 5.14. The Kier molecular flexibility index (Phi) is 6.79. The van der Waals surface area contributed by atoms with E-state index in [4.69, 9.17) is 16.3 Å². The minimum atomic E-state index is -0.205. The first-order valence-corrected chi connectivity index (χ1v) is 12.5. The van der Waals surface area contributed by atoms with Gasteiger partial charge < -0.3 is 15.0 Å². The number of hydrogen-bond donors (Lipinski definition) is 1. The van der Waals surface area contributed by atoms with Crippen LogP contribution in [0.3, 0.4) is 0 Å². The zero-order valence-corrected chi connectivity index (χ0v) is 20.8. The molecule has 0 saturated heterocycles. The smallest absolute Gasteiger partial charge is 0.308 e. The second-order valence-corrected chi connectivity index (χ2v) is 9.81. The number of methoxy groups -OCH3 is 1. The molecule has 6 nitrogen and oxygen atoms in total. The number of nitrogens with zero attached hydrogens (tertiary/aromatic N) is 1. The first-order valence-electron chi connectivity index (χ1n) is 12.1. The predicted molar refractivity (Wildman–Crippen MR) is 139 cm³/mol. The summed E-state index contributed by atoms with van der Waals surface area (Å²) in [5, 5.41) is 3.47. The van der Waals surface area contributed by atoms with Gasteiger partial charge in [0.05, 0.1) is 13.0 Å². The van der Waals surface area contributed by atoms with Gasteiger partial charge in [-0.1, -0.05) is 35.9 Å². The van der Waals surface area contributed by atoms with Gasteiger partial charge in [0.2, 0.25) is 0 Å². The van der Waals surface area contributed by atoms with Gasteiger partial charge >= 0.3 is 5.97 Å². The van der Waals surface area contributed by atoms with Crippen molar-refractivity contribution in [1.82, 2.24) is 4.90 Å². The van der Waals surface area contributed by atoms with Gasteiger partial charge in [0.15, 0.2) is 0 Å². The number of nitrogens with one attached hydrogen (secondary N) is 1. The molecule has 7 heteroatoms. The molecule has 2 aliphatic rings. The molecule has 1 heterocycles. The molecule has 1 aliphatic carbocycles. The molecule has 1 aliphatic heterocycles. The molecule has 184 valence electrons. The maximum Gasteiger partial charge on any atom is 0.308 e. The van der Waals surface area contributed by atoms with E-state index < -0.39 is 0 Å². The molecule has 0 atom stereocenters. The van der Waals surface area contributed by atoms with E-state index in [1.54, 1.807) is 24.3 Å². The first-order chi connectivity index (χ1) is 17.4. The molecule has 1 saturated carbocycles. The number of hydrogen-bond acceptors (Lipinski definition) is 4. The molecule has 36 heavy (non-hydrogen) atoms. The van der Waals surface area contributed by atoms with Crippen LogP contribution in [-0.4, -0.2) is 35.8 Å². The van der Waals surface area contributed by atoms with E-state index in [-0.39, 0.29) is 29.7 Å². The minimum absolute atomic E-state index is 0.0558. The summed E-state index contributed by atoms with van der Waals surface area (Å²) in [5.41, 5.74) is 4.91. The summed E-state index contributed by atoms with van der Waals surface area (Å²) in [5.74, 6) is -0.356. The molecule has 0 radical (unpaired) electrons. The van der Waals surface area contributed by atoms with Crippen LogP contribution < -0.4 is 5.32 Å². The number of esters is 1. The average Bonchev–Trinajstić information content (AvgIpc) is 3.24. The van der Waals surface area contributed by atoms with Gasteiger partial charge in [-0.15, -0.1) is 0 Å². The van der Waals surface area contributed by atoms with E-state index in [0.717, 1.165) is 47.9 Å². The molecular formula is C29H27ClN2O4. The molecule has 0 bridgehead atoms. The summed E-state index contributed by atoms with van der Waals surface area (Å²) in [4.78, 5) is 39.5. The largest absolute Gasteiger partial charge is 0.469 e. The Balaban J connectivity index is 1.25. The molecule has 0 spiro atoms. The van der Waals surface area contributed by atoms with E-state index in [2.05, 4.69) is 5.32 Å². The van der Waals surface area contributed by atoms with Crippen LogP contribution in [0.4, 0.5) is 5.69 Å². The Bertz CT molecular complexity index is 1300. The van der Waals surface area contributed by atoms with Crippen molar-refractivity contribution in [2.75, 3.05) is 12.4 Å². The van der Waals surface area contributed by atoms with Crippen molar-refractivity contribution < 1.29 is 19.1 Å². The van der Waals surface area contributed by atoms with Crippen LogP contribution in [0.1, 0.15) is 52.0 Å². The average molecular weight is 503 g/mol. The summed E-state index contributed by atoms with van der Waals surface area (Å²) in [6.45, 7) is 0.609. The molecule has 1 N–H and O–H groups in total. The fraction of sp³-hybridized carbons (Fsp3) is 0.276. The summed E-state index contributed by atoms with van der Waals surface area (Å²) >= 11 is 5.89. The van der Waals surface area contributed by atoms with Gasteiger partial charge in [-0.25, -0.2) is 0 Å². The third kappa shape index (κ3) is 4.86. The number of carbonyl (C=O) groups is 3. The van der Waals surface area contributed by atoms with Crippen molar-refractivity contribution in [2.45, 2.75) is 38.3 Å². The van der Waals surface area contributed by atoms with Crippen LogP contribution >= 0.6 is 11.6 Å². The number of ether oxygens (including phenoxy) is 1. The highest BCUT2D eigenvalue weighted by molar-refractivity contribution is 6.30. The highest BCUT2D eigenvalue weighted by Crippen LogP contribution is 2.35. The Hall–Kier alpha value is -3.64. The molecular weight excluding hydrogens is 476 g/mol. The van der Waals surface area contributed by atoms with E-state index in [1.165, 1.54) is 7.11 Å². The lowest BCUT2D eigenvalue weighted by molar-refractivity contribution is -0.146. The Morgan fingerprint density at radius 2 is 1.58 bits per heavy atom. The number of carbonyl (C=O) groups excluding carboxylic acids is 3.